The van der Waals surface area contributed by atoms with E-state index in [9.17, 15) is 4.79 Å². The Balaban J connectivity index is 1.35. The summed E-state index contributed by atoms with van der Waals surface area (Å²) in [5.74, 6) is 2.46. The largest absolute Gasteiger partial charge is 0.459 e. The van der Waals surface area contributed by atoms with Crippen molar-refractivity contribution in [3.63, 3.8) is 0 Å². The predicted octanol–water partition coefficient (Wildman–Crippen LogP) is 3.32. The predicted molar refractivity (Wildman–Crippen MR) is 90.3 cm³/mol. The van der Waals surface area contributed by atoms with Crippen LogP contribution in [0.4, 0.5) is 5.82 Å². The molecule has 1 aliphatic carbocycles. The van der Waals surface area contributed by atoms with Crippen molar-refractivity contribution in [3.8, 4) is 0 Å². The summed E-state index contributed by atoms with van der Waals surface area (Å²) in [5.41, 5.74) is 0. The highest BCUT2D eigenvalue weighted by atomic mass is 35.5. The van der Waals surface area contributed by atoms with Gasteiger partial charge in [0.25, 0.3) is 5.91 Å². The lowest BCUT2D eigenvalue weighted by atomic mass is 10.0. The summed E-state index contributed by atoms with van der Waals surface area (Å²) in [4.78, 5) is 23.0. The van der Waals surface area contributed by atoms with Crippen molar-refractivity contribution in [3.05, 3.63) is 41.2 Å². The molecule has 0 radical (unpaired) electrons. The topological polar surface area (TPSA) is 71.3 Å². The van der Waals surface area contributed by atoms with E-state index in [0.29, 0.717) is 29.9 Å². The van der Waals surface area contributed by atoms with Gasteiger partial charge < -0.3 is 14.6 Å². The number of nitrogens with one attached hydrogen (secondary N) is 1. The molecular formula is C17H19ClN4O2. The van der Waals surface area contributed by atoms with Crippen molar-refractivity contribution >= 4 is 23.3 Å². The number of halogens is 1. The lowest BCUT2D eigenvalue weighted by molar-refractivity contribution is 0.0686. The summed E-state index contributed by atoms with van der Waals surface area (Å²) < 4.78 is 5.19. The van der Waals surface area contributed by atoms with E-state index < -0.39 is 0 Å². The Morgan fingerprint density at radius 2 is 2.04 bits per heavy atom. The van der Waals surface area contributed by atoms with Crippen molar-refractivity contribution in [2.45, 2.75) is 37.6 Å². The third-order valence-corrected chi connectivity index (χ3v) is 4.71. The number of amides is 1. The first kappa shape index (κ1) is 15.4. The molecule has 1 N–H and O–H groups in total. The number of nitrogens with zero attached hydrogens (tertiary/aromatic N) is 3. The number of rotatable bonds is 4. The molecule has 0 atom stereocenters. The van der Waals surface area contributed by atoms with Gasteiger partial charge in [0.15, 0.2) is 5.76 Å². The molecule has 2 aromatic heterocycles. The van der Waals surface area contributed by atoms with E-state index in [1.165, 1.54) is 6.26 Å². The molecule has 0 bridgehead atoms. The minimum Gasteiger partial charge on any atom is -0.459 e. The van der Waals surface area contributed by atoms with Crippen molar-refractivity contribution in [2.75, 3.05) is 18.4 Å². The number of furan rings is 1. The highest BCUT2D eigenvalue weighted by molar-refractivity contribution is 6.29. The number of anilines is 1. The fourth-order valence-electron chi connectivity index (χ4n) is 3.03. The molecular weight excluding hydrogens is 328 g/mol. The Morgan fingerprint density at radius 3 is 2.71 bits per heavy atom. The monoisotopic (exact) mass is 346 g/mol. The number of hydrogen-bond donors (Lipinski definition) is 1. The van der Waals surface area contributed by atoms with Crippen molar-refractivity contribution < 1.29 is 9.21 Å². The Kier molecular flexibility index (Phi) is 4.14. The summed E-state index contributed by atoms with van der Waals surface area (Å²) in [6.45, 7) is 1.40. The average molecular weight is 347 g/mol. The SMILES string of the molecule is O=C(c1ccco1)N1CCC(Nc2cc(Cl)nc(C3CC3)n2)CC1. The zero-order chi connectivity index (χ0) is 16.5. The van der Waals surface area contributed by atoms with Gasteiger partial charge in [0.1, 0.15) is 16.8 Å². The summed E-state index contributed by atoms with van der Waals surface area (Å²) in [7, 11) is 0. The van der Waals surface area contributed by atoms with Gasteiger partial charge in [-0.15, -0.1) is 0 Å². The minimum atomic E-state index is -0.0421. The van der Waals surface area contributed by atoms with E-state index in [1.807, 2.05) is 4.90 Å². The molecule has 1 saturated carbocycles. The normalized spacial score (nSPS) is 18.6. The zero-order valence-electron chi connectivity index (χ0n) is 13.2. The smallest absolute Gasteiger partial charge is 0.289 e. The second kappa shape index (κ2) is 6.43. The van der Waals surface area contributed by atoms with Gasteiger partial charge in [-0.05, 0) is 37.8 Å². The van der Waals surface area contributed by atoms with E-state index in [-0.39, 0.29) is 11.9 Å². The lowest BCUT2D eigenvalue weighted by Crippen LogP contribution is -2.42. The van der Waals surface area contributed by atoms with E-state index in [0.717, 1.165) is 37.3 Å². The molecule has 6 nitrogen and oxygen atoms in total. The van der Waals surface area contributed by atoms with E-state index >= 15 is 0 Å². The van der Waals surface area contributed by atoms with Crippen LogP contribution in [0.1, 0.15) is 48.0 Å². The molecule has 2 aromatic rings. The Morgan fingerprint density at radius 1 is 1.25 bits per heavy atom. The molecule has 126 valence electrons. The van der Waals surface area contributed by atoms with Gasteiger partial charge in [-0.2, -0.15) is 0 Å². The molecule has 4 rings (SSSR count). The van der Waals surface area contributed by atoms with E-state index in [2.05, 4.69) is 15.3 Å². The van der Waals surface area contributed by atoms with Crippen LogP contribution in [-0.4, -0.2) is 39.9 Å². The maximum atomic E-state index is 12.3. The van der Waals surface area contributed by atoms with Gasteiger partial charge in [-0.3, -0.25) is 4.79 Å². The van der Waals surface area contributed by atoms with Crippen LogP contribution in [0, 0.1) is 0 Å². The molecule has 2 aliphatic rings. The highest BCUT2D eigenvalue weighted by Crippen LogP contribution is 2.38. The number of carbonyl (C=O) groups excluding carboxylic acids is 1. The molecule has 3 heterocycles. The first-order chi connectivity index (χ1) is 11.7. The quantitative estimate of drug-likeness (QED) is 0.860. The number of hydrogen-bond acceptors (Lipinski definition) is 5. The molecule has 7 heteroatoms. The molecule has 0 aromatic carbocycles. The second-order valence-electron chi connectivity index (χ2n) is 6.40. The highest BCUT2D eigenvalue weighted by Gasteiger charge is 2.28. The van der Waals surface area contributed by atoms with Crippen LogP contribution in [0.3, 0.4) is 0 Å². The summed E-state index contributed by atoms with van der Waals surface area (Å²) in [6.07, 6.45) is 5.55. The van der Waals surface area contributed by atoms with Gasteiger partial charge in [0.05, 0.1) is 6.26 Å². The maximum absolute atomic E-state index is 12.3. The molecule has 1 saturated heterocycles. The molecule has 24 heavy (non-hydrogen) atoms. The fourth-order valence-corrected chi connectivity index (χ4v) is 3.22. The van der Waals surface area contributed by atoms with Gasteiger partial charge in [0.2, 0.25) is 0 Å². The summed E-state index contributed by atoms with van der Waals surface area (Å²) in [5, 5.41) is 3.93. The van der Waals surface area contributed by atoms with Crippen LogP contribution in [0.25, 0.3) is 0 Å². The number of aromatic nitrogens is 2. The van der Waals surface area contributed by atoms with Crippen LogP contribution < -0.4 is 5.32 Å². The van der Waals surface area contributed by atoms with Crippen molar-refractivity contribution in [1.82, 2.24) is 14.9 Å². The summed E-state index contributed by atoms with van der Waals surface area (Å²) in [6, 6.07) is 5.49. The van der Waals surface area contributed by atoms with Gasteiger partial charge in [-0.25, -0.2) is 9.97 Å². The molecule has 2 fully saturated rings. The number of piperidine rings is 1. The molecule has 1 aliphatic heterocycles. The third kappa shape index (κ3) is 3.38. The van der Waals surface area contributed by atoms with Crippen LogP contribution in [0.15, 0.2) is 28.9 Å². The van der Waals surface area contributed by atoms with E-state index in [4.69, 9.17) is 16.0 Å². The Hall–Kier alpha value is -2.08. The van der Waals surface area contributed by atoms with Crippen molar-refractivity contribution in [1.29, 1.82) is 0 Å². The molecule has 1 amide bonds. The molecule has 0 unspecified atom stereocenters. The lowest BCUT2D eigenvalue weighted by Gasteiger charge is -2.32. The average Bonchev–Trinajstić information content (AvgIpc) is 3.29. The van der Waals surface area contributed by atoms with Gasteiger partial charge in [-0.1, -0.05) is 11.6 Å². The minimum absolute atomic E-state index is 0.0421. The van der Waals surface area contributed by atoms with Crippen LogP contribution in [-0.2, 0) is 0 Å². The molecule has 0 spiro atoms. The standard InChI is InChI=1S/C17H19ClN4O2/c18-14-10-15(21-16(20-14)11-3-4-11)19-12-5-7-22(8-6-12)17(23)13-2-1-9-24-13/h1-2,9-12H,3-8H2,(H,19,20,21). The second-order valence-corrected chi connectivity index (χ2v) is 6.78. The Labute approximate surface area is 145 Å². The van der Waals surface area contributed by atoms with Crippen LogP contribution >= 0.6 is 11.6 Å². The van der Waals surface area contributed by atoms with Gasteiger partial charge >= 0.3 is 0 Å². The number of carbonyl (C=O) groups is 1. The first-order valence-corrected chi connectivity index (χ1v) is 8.70. The van der Waals surface area contributed by atoms with Gasteiger partial charge in [0, 0.05) is 31.1 Å². The van der Waals surface area contributed by atoms with Crippen molar-refractivity contribution in [2.24, 2.45) is 0 Å². The summed E-state index contributed by atoms with van der Waals surface area (Å²) >= 11 is 6.11. The fraction of sp³-hybridized carbons (Fsp3) is 0.471. The maximum Gasteiger partial charge on any atom is 0.289 e. The third-order valence-electron chi connectivity index (χ3n) is 4.52. The van der Waals surface area contributed by atoms with Crippen LogP contribution in [0.2, 0.25) is 5.15 Å². The Bertz CT molecular complexity index is 722. The van der Waals surface area contributed by atoms with E-state index in [1.54, 1.807) is 18.2 Å². The first-order valence-electron chi connectivity index (χ1n) is 8.33. The van der Waals surface area contributed by atoms with Crippen LogP contribution in [0.5, 0.6) is 0 Å². The zero-order valence-corrected chi connectivity index (χ0v) is 14.0. The number of likely N-dealkylation sites (tertiary alicyclic amines) is 1.